The van der Waals surface area contributed by atoms with Gasteiger partial charge in [0.25, 0.3) is 11.5 Å². The predicted molar refractivity (Wildman–Crippen MR) is 131 cm³/mol. The van der Waals surface area contributed by atoms with Gasteiger partial charge in [0, 0.05) is 17.6 Å². The number of nitrogens with zero attached hydrogens (tertiary/aromatic N) is 3. The molecule has 0 N–H and O–H groups in total. The molecule has 0 aliphatic heterocycles. The zero-order chi connectivity index (χ0) is 23.7. The van der Waals surface area contributed by atoms with E-state index in [4.69, 9.17) is 21.3 Å². The molecular formula is C26H24ClN3O3. The maximum atomic E-state index is 13.7. The number of benzene rings is 3. The summed E-state index contributed by atoms with van der Waals surface area (Å²) in [7, 11) is 3.26. The molecule has 0 radical (unpaired) electrons. The summed E-state index contributed by atoms with van der Waals surface area (Å²) in [5, 5.41) is 1.04. The molecule has 0 spiro atoms. The number of carbonyl (C=O) groups is 1. The van der Waals surface area contributed by atoms with Gasteiger partial charge in [0.2, 0.25) is 0 Å². The van der Waals surface area contributed by atoms with Crippen LogP contribution in [0.15, 0.2) is 71.5 Å². The predicted octanol–water partition coefficient (Wildman–Crippen LogP) is 5.19. The monoisotopic (exact) mass is 461 g/mol. The average molecular weight is 462 g/mol. The lowest BCUT2D eigenvalue weighted by Gasteiger charge is -2.27. The average Bonchev–Trinajstić information content (AvgIpc) is 2.83. The SMILES string of the molecule is COc1ccc(C)cc1-n1c(C(C)N(C)C(=O)c2ccc(Cl)cc2)nc2ccccc2c1=O. The molecule has 4 aromatic rings. The van der Waals surface area contributed by atoms with Crippen LogP contribution in [-0.4, -0.2) is 34.5 Å². The van der Waals surface area contributed by atoms with E-state index in [-0.39, 0.29) is 11.5 Å². The first-order valence-electron chi connectivity index (χ1n) is 10.5. The van der Waals surface area contributed by atoms with E-state index < -0.39 is 6.04 Å². The van der Waals surface area contributed by atoms with E-state index in [1.807, 2.05) is 44.2 Å². The molecule has 0 bridgehead atoms. The normalized spacial score (nSPS) is 11.9. The number of carbonyl (C=O) groups excluding carboxylic acids is 1. The second-order valence-electron chi connectivity index (χ2n) is 7.90. The van der Waals surface area contributed by atoms with Crippen LogP contribution in [0.5, 0.6) is 5.75 Å². The molecule has 1 amide bonds. The molecule has 1 heterocycles. The van der Waals surface area contributed by atoms with Gasteiger partial charge in [-0.25, -0.2) is 4.98 Å². The van der Waals surface area contributed by atoms with E-state index in [0.717, 1.165) is 5.56 Å². The van der Waals surface area contributed by atoms with Gasteiger partial charge in [-0.3, -0.25) is 14.2 Å². The first-order chi connectivity index (χ1) is 15.8. The van der Waals surface area contributed by atoms with Crippen molar-refractivity contribution in [2.75, 3.05) is 14.2 Å². The van der Waals surface area contributed by atoms with Gasteiger partial charge < -0.3 is 9.64 Å². The smallest absolute Gasteiger partial charge is 0.266 e. The van der Waals surface area contributed by atoms with Crippen molar-refractivity contribution < 1.29 is 9.53 Å². The number of hydrogen-bond donors (Lipinski definition) is 0. The standard InChI is InChI=1S/C26H24ClN3O3/c1-16-9-14-23(33-4)22(15-16)30-24(28-21-8-6-5-7-20(21)26(30)32)17(2)29(3)25(31)18-10-12-19(27)13-11-18/h5-15,17H,1-4H3. The van der Waals surface area contributed by atoms with Crippen molar-refractivity contribution in [2.24, 2.45) is 0 Å². The number of ether oxygens (including phenoxy) is 1. The molecule has 0 aliphatic rings. The molecule has 0 fully saturated rings. The summed E-state index contributed by atoms with van der Waals surface area (Å²) >= 11 is 5.97. The first kappa shape index (κ1) is 22.6. The van der Waals surface area contributed by atoms with Crippen LogP contribution in [0.3, 0.4) is 0 Å². The minimum atomic E-state index is -0.518. The number of aromatic nitrogens is 2. The van der Waals surface area contributed by atoms with Crippen LogP contribution in [0.4, 0.5) is 0 Å². The Labute approximate surface area is 197 Å². The molecule has 4 rings (SSSR count). The van der Waals surface area contributed by atoms with Crippen LogP contribution < -0.4 is 10.3 Å². The van der Waals surface area contributed by atoms with Crippen molar-refractivity contribution in [3.8, 4) is 11.4 Å². The minimum Gasteiger partial charge on any atom is -0.495 e. The number of aryl methyl sites for hydroxylation is 1. The number of amides is 1. The Morgan fingerprint density at radius 1 is 1.09 bits per heavy atom. The molecule has 1 unspecified atom stereocenters. The Morgan fingerprint density at radius 2 is 1.79 bits per heavy atom. The zero-order valence-electron chi connectivity index (χ0n) is 18.9. The summed E-state index contributed by atoms with van der Waals surface area (Å²) in [5.41, 5.74) is 2.39. The number of para-hydroxylation sites is 1. The number of hydrogen-bond acceptors (Lipinski definition) is 4. The van der Waals surface area contributed by atoms with E-state index >= 15 is 0 Å². The molecule has 3 aromatic carbocycles. The van der Waals surface area contributed by atoms with E-state index in [1.54, 1.807) is 60.0 Å². The third-order valence-corrected chi connectivity index (χ3v) is 6.00. The summed E-state index contributed by atoms with van der Waals surface area (Å²) < 4.78 is 7.11. The topological polar surface area (TPSA) is 64.4 Å². The molecule has 0 saturated heterocycles. The fourth-order valence-corrected chi connectivity index (χ4v) is 3.91. The highest BCUT2D eigenvalue weighted by atomic mass is 35.5. The summed E-state index contributed by atoms with van der Waals surface area (Å²) in [6, 6.07) is 19.0. The van der Waals surface area contributed by atoms with Crippen molar-refractivity contribution in [3.63, 3.8) is 0 Å². The van der Waals surface area contributed by atoms with Crippen LogP contribution in [0.1, 0.15) is 34.7 Å². The van der Waals surface area contributed by atoms with Crippen LogP contribution in [-0.2, 0) is 0 Å². The van der Waals surface area contributed by atoms with Gasteiger partial charge in [0.05, 0.1) is 29.7 Å². The molecule has 33 heavy (non-hydrogen) atoms. The minimum absolute atomic E-state index is 0.204. The molecule has 1 aromatic heterocycles. The van der Waals surface area contributed by atoms with Crippen molar-refractivity contribution in [1.82, 2.24) is 14.5 Å². The number of methoxy groups -OCH3 is 1. The first-order valence-corrected chi connectivity index (χ1v) is 10.9. The zero-order valence-corrected chi connectivity index (χ0v) is 19.6. The van der Waals surface area contributed by atoms with Crippen molar-refractivity contribution in [2.45, 2.75) is 19.9 Å². The number of rotatable bonds is 5. The summed E-state index contributed by atoms with van der Waals surface area (Å²) in [4.78, 5) is 33.3. The van der Waals surface area contributed by atoms with Crippen molar-refractivity contribution in [3.05, 3.63) is 99.1 Å². The lowest BCUT2D eigenvalue weighted by Crippen LogP contribution is -2.35. The van der Waals surface area contributed by atoms with E-state index in [1.165, 1.54) is 0 Å². The third kappa shape index (κ3) is 4.22. The molecule has 168 valence electrons. The van der Waals surface area contributed by atoms with Gasteiger partial charge in [-0.05, 0) is 67.9 Å². The summed E-state index contributed by atoms with van der Waals surface area (Å²) in [5.74, 6) is 0.775. The quantitative estimate of drug-likeness (QED) is 0.410. The molecular weight excluding hydrogens is 438 g/mol. The van der Waals surface area contributed by atoms with Crippen molar-refractivity contribution in [1.29, 1.82) is 0 Å². The molecule has 1 atom stereocenters. The van der Waals surface area contributed by atoms with Crippen LogP contribution in [0.25, 0.3) is 16.6 Å². The largest absolute Gasteiger partial charge is 0.495 e. The Morgan fingerprint density at radius 3 is 2.48 bits per heavy atom. The van der Waals surface area contributed by atoms with Crippen LogP contribution >= 0.6 is 11.6 Å². The Kier molecular flexibility index (Phi) is 6.20. The van der Waals surface area contributed by atoms with E-state index in [9.17, 15) is 9.59 Å². The van der Waals surface area contributed by atoms with Crippen LogP contribution in [0, 0.1) is 6.92 Å². The van der Waals surface area contributed by atoms with Crippen molar-refractivity contribution >= 4 is 28.4 Å². The second-order valence-corrected chi connectivity index (χ2v) is 8.34. The second kappa shape index (κ2) is 9.08. The summed E-state index contributed by atoms with van der Waals surface area (Å²) in [6.45, 7) is 3.80. The Balaban J connectivity index is 1.92. The Bertz CT molecular complexity index is 1400. The highest BCUT2D eigenvalue weighted by molar-refractivity contribution is 6.30. The maximum Gasteiger partial charge on any atom is 0.266 e. The fraction of sp³-hybridized carbons (Fsp3) is 0.192. The highest BCUT2D eigenvalue weighted by Gasteiger charge is 2.26. The van der Waals surface area contributed by atoms with Crippen LogP contribution in [0.2, 0.25) is 5.02 Å². The molecule has 0 aliphatic carbocycles. The van der Waals surface area contributed by atoms with Gasteiger partial charge in [-0.2, -0.15) is 0 Å². The third-order valence-electron chi connectivity index (χ3n) is 5.74. The lowest BCUT2D eigenvalue weighted by atomic mass is 10.1. The van der Waals surface area contributed by atoms with Gasteiger partial charge >= 0.3 is 0 Å². The van der Waals surface area contributed by atoms with Gasteiger partial charge in [-0.1, -0.05) is 29.8 Å². The Hall–Kier alpha value is -3.64. The fourth-order valence-electron chi connectivity index (χ4n) is 3.78. The van der Waals surface area contributed by atoms with Gasteiger partial charge in [0.1, 0.15) is 11.6 Å². The number of halogens is 1. The maximum absolute atomic E-state index is 13.7. The van der Waals surface area contributed by atoms with Gasteiger partial charge in [0.15, 0.2) is 0 Å². The lowest BCUT2D eigenvalue weighted by molar-refractivity contribution is 0.0735. The highest BCUT2D eigenvalue weighted by Crippen LogP contribution is 2.28. The molecule has 7 heteroatoms. The van der Waals surface area contributed by atoms with Gasteiger partial charge in [-0.15, -0.1) is 0 Å². The summed E-state index contributed by atoms with van der Waals surface area (Å²) in [6.07, 6.45) is 0. The van der Waals surface area contributed by atoms with E-state index in [2.05, 4.69) is 0 Å². The molecule has 6 nitrogen and oxygen atoms in total. The van der Waals surface area contributed by atoms with E-state index in [0.29, 0.717) is 38.8 Å². The molecule has 0 saturated carbocycles. The number of fused-ring (bicyclic) bond motifs is 1.